The van der Waals surface area contributed by atoms with E-state index < -0.39 is 23.9 Å². The monoisotopic (exact) mass is 490 g/mol. The van der Waals surface area contributed by atoms with Gasteiger partial charge in [-0.05, 0) is 65.9 Å². The number of hydrogen-bond donors (Lipinski definition) is 2. The number of rotatable bonds is 9. The van der Waals surface area contributed by atoms with Gasteiger partial charge < -0.3 is 24.8 Å². The number of urea groups is 1. The summed E-state index contributed by atoms with van der Waals surface area (Å²) in [6.07, 6.45) is 0.968. The minimum atomic E-state index is -0.750. The molecule has 4 rings (SSSR count). The third kappa shape index (κ3) is 6.02. The Kier molecular flexibility index (Phi) is 7.85. The molecule has 1 atom stereocenters. The van der Waals surface area contributed by atoms with Crippen LogP contribution in [0, 0.1) is 5.82 Å². The van der Waals surface area contributed by atoms with Crippen LogP contribution in [0.2, 0.25) is 0 Å². The summed E-state index contributed by atoms with van der Waals surface area (Å²) >= 11 is 0. The lowest BCUT2D eigenvalue weighted by atomic mass is 9.93. The van der Waals surface area contributed by atoms with E-state index >= 15 is 0 Å². The van der Waals surface area contributed by atoms with Crippen LogP contribution >= 0.6 is 0 Å². The van der Waals surface area contributed by atoms with E-state index in [2.05, 4.69) is 10.6 Å². The van der Waals surface area contributed by atoms with Crippen LogP contribution in [-0.4, -0.2) is 26.2 Å². The Balaban J connectivity index is 1.65. The van der Waals surface area contributed by atoms with E-state index in [0.717, 1.165) is 11.3 Å². The van der Waals surface area contributed by atoms with E-state index in [1.807, 2.05) is 24.3 Å². The second-order valence-electron chi connectivity index (χ2n) is 8.25. The average molecular weight is 491 g/mol. The van der Waals surface area contributed by atoms with E-state index in [0.29, 0.717) is 35.4 Å². The van der Waals surface area contributed by atoms with E-state index in [1.54, 1.807) is 50.6 Å². The standard InChI is InChI=1S/C28H27FN2O5/c1-34-22-12-9-18(10-13-22)11-14-24-25(27(32)36-17-19-5-3-7-21(29)15-19)26(31-28(33)30-24)20-6-4-8-23(16-20)35-2/h3-10,12-13,15-16,26H,11,14,17H2,1-2H3,(H2,30,31,33). The lowest BCUT2D eigenvalue weighted by Crippen LogP contribution is -2.46. The molecule has 0 aliphatic carbocycles. The number of esters is 1. The number of methoxy groups -OCH3 is 2. The molecule has 0 saturated carbocycles. The largest absolute Gasteiger partial charge is 0.497 e. The van der Waals surface area contributed by atoms with Crippen molar-refractivity contribution in [3.05, 3.63) is 107 Å². The van der Waals surface area contributed by atoms with E-state index in [9.17, 15) is 14.0 Å². The maximum Gasteiger partial charge on any atom is 0.338 e. The van der Waals surface area contributed by atoms with Gasteiger partial charge in [0.15, 0.2) is 0 Å². The predicted molar refractivity (Wildman–Crippen MR) is 132 cm³/mol. The van der Waals surface area contributed by atoms with Gasteiger partial charge in [-0.3, -0.25) is 0 Å². The summed E-state index contributed by atoms with van der Waals surface area (Å²) in [6, 6.07) is 19.4. The minimum Gasteiger partial charge on any atom is -0.497 e. The fourth-order valence-electron chi connectivity index (χ4n) is 4.04. The van der Waals surface area contributed by atoms with Crippen LogP contribution in [0.5, 0.6) is 11.5 Å². The van der Waals surface area contributed by atoms with Gasteiger partial charge in [-0.1, -0.05) is 36.4 Å². The zero-order chi connectivity index (χ0) is 25.5. The molecule has 1 heterocycles. The van der Waals surface area contributed by atoms with E-state index in [1.165, 1.54) is 12.1 Å². The first-order valence-electron chi connectivity index (χ1n) is 11.5. The predicted octanol–water partition coefficient (Wildman–Crippen LogP) is 4.83. The lowest BCUT2D eigenvalue weighted by Gasteiger charge is -2.29. The van der Waals surface area contributed by atoms with Crippen LogP contribution in [-0.2, 0) is 22.6 Å². The van der Waals surface area contributed by atoms with Gasteiger partial charge in [-0.15, -0.1) is 0 Å². The zero-order valence-electron chi connectivity index (χ0n) is 20.0. The van der Waals surface area contributed by atoms with E-state index in [4.69, 9.17) is 14.2 Å². The summed E-state index contributed by atoms with van der Waals surface area (Å²) < 4.78 is 29.7. The molecule has 3 aromatic rings. The van der Waals surface area contributed by atoms with Gasteiger partial charge in [-0.25, -0.2) is 14.0 Å². The molecule has 0 saturated heterocycles. The molecule has 0 radical (unpaired) electrons. The average Bonchev–Trinajstić information content (AvgIpc) is 2.90. The molecule has 2 N–H and O–H groups in total. The van der Waals surface area contributed by atoms with Gasteiger partial charge >= 0.3 is 12.0 Å². The first kappa shape index (κ1) is 24.8. The van der Waals surface area contributed by atoms with Crippen LogP contribution in [0.3, 0.4) is 0 Å². The number of halogens is 1. The maximum absolute atomic E-state index is 13.6. The van der Waals surface area contributed by atoms with Gasteiger partial charge in [-0.2, -0.15) is 0 Å². The van der Waals surface area contributed by atoms with Crippen LogP contribution in [0.1, 0.15) is 29.2 Å². The number of ether oxygens (including phenoxy) is 3. The fourth-order valence-corrected chi connectivity index (χ4v) is 4.04. The highest BCUT2D eigenvalue weighted by molar-refractivity contribution is 5.95. The van der Waals surface area contributed by atoms with Gasteiger partial charge in [0, 0.05) is 5.70 Å². The van der Waals surface area contributed by atoms with Crippen LogP contribution < -0.4 is 20.1 Å². The normalized spacial score (nSPS) is 15.1. The molecule has 8 heteroatoms. The number of benzene rings is 3. The summed E-state index contributed by atoms with van der Waals surface area (Å²) in [5.41, 5.74) is 2.96. The van der Waals surface area contributed by atoms with Crippen molar-refractivity contribution in [3.8, 4) is 11.5 Å². The summed E-state index contributed by atoms with van der Waals surface area (Å²) in [5, 5.41) is 5.61. The van der Waals surface area contributed by atoms with Crippen molar-refractivity contribution in [1.29, 1.82) is 0 Å². The fraction of sp³-hybridized carbons (Fsp3) is 0.214. The Hall–Kier alpha value is -4.33. The van der Waals surface area contributed by atoms with Gasteiger partial charge in [0.1, 0.15) is 23.9 Å². The lowest BCUT2D eigenvalue weighted by molar-refractivity contribution is -0.140. The Morgan fingerprint density at radius 2 is 1.64 bits per heavy atom. The highest BCUT2D eigenvalue weighted by atomic mass is 19.1. The summed E-state index contributed by atoms with van der Waals surface area (Å²) in [5.74, 6) is 0.313. The van der Waals surface area contributed by atoms with Gasteiger partial charge in [0.05, 0.1) is 25.8 Å². The first-order valence-corrected chi connectivity index (χ1v) is 11.5. The molecule has 0 bridgehead atoms. The maximum atomic E-state index is 13.6. The third-order valence-electron chi connectivity index (χ3n) is 5.88. The van der Waals surface area contributed by atoms with Gasteiger partial charge in [0.25, 0.3) is 0 Å². The van der Waals surface area contributed by atoms with Crippen molar-refractivity contribution in [3.63, 3.8) is 0 Å². The molecule has 1 aliphatic heterocycles. The SMILES string of the molecule is COc1ccc(CCC2=C(C(=O)OCc3cccc(F)c3)C(c3cccc(OC)c3)NC(=O)N2)cc1. The van der Waals surface area contributed by atoms with Gasteiger partial charge in [0.2, 0.25) is 0 Å². The number of amides is 2. The van der Waals surface area contributed by atoms with Crippen molar-refractivity contribution in [2.75, 3.05) is 14.2 Å². The molecule has 1 aliphatic rings. The first-order chi connectivity index (χ1) is 17.5. The third-order valence-corrected chi connectivity index (χ3v) is 5.88. The number of carbonyl (C=O) groups is 2. The van der Waals surface area contributed by atoms with Crippen molar-refractivity contribution >= 4 is 12.0 Å². The Morgan fingerprint density at radius 1 is 0.889 bits per heavy atom. The van der Waals surface area contributed by atoms with Crippen molar-refractivity contribution < 1.29 is 28.2 Å². The highest BCUT2D eigenvalue weighted by Crippen LogP contribution is 2.31. The second-order valence-corrected chi connectivity index (χ2v) is 8.25. The molecule has 186 valence electrons. The number of allylic oxidation sites excluding steroid dienone is 1. The number of carbonyl (C=O) groups excluding carboxylic acids is 2. The molecular formula is C28H27FN2O5. The molecule has 0 fully saturated rings. The molecule has 0 spiro atoms. The number of hydrogen-bond acceptors (Lipinski definition) is 5. The number of nitrogens with one attached hydrogen (secondary N) is 2. The van der Waals surface area contributed by atoms with Crippen LogP contribution in [0.4, 0.5) is 9.18 Å². The smallest absolute Gasteiger partial charge is 0.338 e. The minimum absolute atomic E-state index is 0.107. The Labute approximate surface area is 208 Å². The molecule has 1 unspecified atom stereocenters. The molecule has 3 aromatic carbocycles. The van der Waals surface area contributed by atoms with Crippen LogP contribution in [0.15, 0.2) is 84.1 Å². The molecule has 36 heavy (non-hydrogen) atoms. The summed E-state index contributed by atoms with van der Waals surface area (Å²) in [4.78, 5) is 26.0. The number of aryl methyl sites for hydroxylation is 1. The summed E-state index contributed by atoms with van der Waals surface area (Å²) in [6.45, 7) is -0.107. The molecule has 7 nitrogen and oxygen atoms in total. The quantitative estimate of drug-likeness (QED) is 0.420. The van der Waals surface area contributed by atoms with E-state index in [-0.39, 0.29) is 12.2 Å². The second kappa shape index (κ2) is 11.4. The summed E-state index contributed by atoms with van der Waals surface area (Å²) in [7, 11) is 3.15. The van der Waals surface area contributed by atoms with Crippen molar-refractivity contribution in [2.45, 2.75) is 25.5 Å². The zero-order valence-corrected chi connectivity index (χ0v) is 20.0. The molecule has 0 aromatic heterocycles. The Morgan fingerprint density at radius 3 is 2.36 bits per heavy atom. The van der Waals surface area contributed by atoms with Crippen molar-refractivity contribution in [1.82, 2.24) is 10.6 Å². The highest BCUT2D eigenvalue weighted by Gasteiger charge is 2.34. The Bertz CT molecular complexity index is 1270. The molecule has 2 amide bonds. The van der Waals surface area contributed by atoms with Crippen molar-refractivity contribution in [2.24, 2.45) is 0 Å². The molecular weight excluding hydrogens is 463 g/mol. The topological polar surface area (TPSA) is 85.9 Å². The van der Waals surface area contributed by atoms with Crippen LogP contribution in [0.25, 0.3) is 0 Å².